The molecule has 2 heteroatoms. The van der Waals surface area contributed by atoms with Crippen molar-refractivity contribution in [3.8, 4) is 0 Å². The molecule has 1 saturated heterocycles. The number of epoxide rings is 1. The van der Waals surface area contributed by atoms with E-state index in [2.05, 4.69) is 4.99 Å². The maximum Gasteiger partial charge on any atom is 0.174 e. The quantitative estimate of drug-likeness (QED) is 0.457. The molecule has 0 radical (unpaired) electrons. The Morgan fingerprint density at radius 1 is 1.50 bits per heavy atom. The maximum atomic E-state index is 5.16. The van der Waals surface area contributed by atoms with E-state index in [0.717, 1.165) is 17.9 Å². The Morgan fingerprint density at radius 2 is 2.50 bits per heavy atom. The van der Waals surface area contributed by atoms with Crippen LogP contribution in [0.25, 0.3) is 0 Å². The summed E-state index contributed by atoms with van der Waals surface area (Å²) in [7, 11) is 0. The number of hydrogen-bond donors (Lipinski definition) is 0. The maximum absolute atomic E-state index is 5.16. The summed E-state index contributed by atoms with van der Waals surface area (Å²) in [5, 5.41) is 0. The molecule has 0 aromatic carbocycles. The summed E-state index contributed by atoms with van der Waals surface area (Å²) in [4.78, 5) is 4.05. The second-order valence-electron chi connectivity index (χ2n) is 2.54. The lowest BCUT2D eigenvalue weighted by atomic mass is 10.1. The van der Waals surface area contributed by atoms with Crippen LogP contribution in [0.2, 0.25) is 0 Å². The van der Waals surface area contributed by atoms with Crippen molar-refractivity contribution in [2.45, 2.75) is 6.42 Å². The van der Waals surface area contributed by atoms with Gasteiger partial charge in [-0.25, -0.2) is 0 Å². The van der Waals surface area contributed by atoms with Crippen molar-refractivity contribution in [1.82, 2.24) is 0 Å². The fourth-order valence-electron chi connectivity index (χ4n) is 1.35. The molecule has 0 amide bonds. The molecule has 0 spiro atoms. The average Bonchev–Trinajstić information content (AvgIpc) is 2.64. The van der Waals surface area contributed by atoms with E-state index in [9.17, 15) is 0 Å². The lowest BCUT2D eigenvalue weighted by molar-refractivity contribution is 0.545. The standard InChI is InChI=1S/C8H5NO/c1-2-9-4-5-3-7-8(10-7)6(1)5/h2-4H,1H2. The Morgan fingerprint density at radius 3 is 3.40 bits per heavy atom. The van der Waals surface area contributed by atoms with E-state index in [1.807, 2.05) is 18.5 Å². The van der Waals surface area contributed by atoms with E-state index in [-0.39, 0.29) is 0 Å². The van der Waals surface area contributed by atoms with Crippen LogP contribution in [-0.4, -0.2) is 6.21 Å². The first-order valence-electron chi connectivity index (χ1n) is 3.30. The molecule has 0 atom stereocenters. The Bertz CT molecular complexity index is 331. The van der Waals surface area contributed by atoms with Crippen molar-refractivity contribution in [3.63, 3.8) is 0 Å². The molecular weight excluding hydrogens is 126 g/mol. The summed E-state index contributed by atoms with van der Waals surface area (Å²) < 4.78 is 5.16. The molecule has 0 aromatic rings. The zero-order chi connectivity index (χ0) is 6.55. The van der Waals surface area contributed by atoms with Crippen molar-refractivity contribution in [1.29, 1.82) is 0 Å². The molecule has 0 unspecified atom stereocenters. The summed E-state index contributed by atoms with van der Waals surface area (Å²) >= 11 is 0. The topological polar surface area (TPSA) is 24.9 Å². The number of nitrogens with zero attached hydrogens (tertiary/aromatic N) is 1. The highest BCUT2D eigenvalue weighted by atomic mass is 16.6. The second-order valence-corrected chi connectivity index (χ2v) is 2.54. The lowest BCUT2D eigenvalue weighted by Gasteiger charge is -2.03. The Labute approximate surface area is 58.2 Å². The van der Waals surface area contributed by atoms with Crippen molar-refractivity contribution in [2.75, 3.05) is 0 Å². The van der Waals surface area contributed by atoms with E-state index in [1.165, 1.54) is 11.1 Å². The van der Waals surface area contributed by atoms with Gasteiger partial charge in [0, 0.05) is 30.0 Å². The van der Waals surface area contributed by atoms with Crippen LogP contribution in [0.3, 0.4) is 0 Å². The first-order valence-corrected chi connectivity index (χ1v) is 3.30. The minimum absolute atomic E-state index is 0.932. The summed E-state index contributed by atoms with van der Waals surface area (Å²) in [5.74, 6) is 2.14. The fraction of sp³-hybridized carbons (Fsp3) is 0.125. The zero-order valence-corrected chi connectivity index (χ0v) is 5.29. The van der Waals surface area contributed by atoms with Gasteiger partial charge in [-0.1, -0.05) is 0 Å². The van der Waals surface area contributed by atoms with Gasteiger partial charge in [-0.3, -0.25) is 4.99 Å². The van der Waals surface area contributed by atoms with Gasteiger partial charge in [0.15, 0.2) is 11.5 Å². The molecule has 3 rings (SSSR count). The summed E-state index contributed by atoms with van der Waals surface area (Å²) in [6, 6.07) is 0. The van der Waals surface area contributed by atoms with E-state index < -0.39 is 0 Å². The van der Waals surface area contributed by atoms with E-state index in [4.69, 9.17) is 4.74 Å². The number of fused-ring (bicyclic) bond motifs is 2. The molecule has 0 bridgehead atoms. The van der Waals surface area contributed by atoms with Crippen LogP contribution in [-0.2, 0) is 4.74 Å². The summed E-state index contributed by atoms with van der Waals surface area (Å²) in [6.45, 7) is 0. The van der Waals surface area contributed by atoms with Crippen molar-refractivity contribution >= 4 is 6.21 Å². The van der Waals surface area contributed by atoms with Gasteiger partial charge in [0.25, 0.3) is 0 Å². The zero-order valence-electron chi connectivity index (χ0n) is 5.29. The van der Waals surface area contributed by atoms with E-state index >= 15 is 0 Å². The number of hydrogen-bond acceptors (Lipinski definition) is 2. The molecular formula is C8H5NO. The largest absolute Gasteiger partial charge is 0.449 e. The van der Waals surface area contributed by atoms with Crippen molar-refractivity contribution < 1.29 is 4.74 Å². The van der Waals surface area contributed by atoms with Gasteiger partial charge in [-0.2, -0.15) is 0 Å². The van der Waals surface area contributed by atoms with E-state index in [1.54, 1.807) is 0 Å². The van der Waals surface area contributed by atoms with Gasteiger partial charge in [0.1, 0.15) is 0 Å². The monoisotopic (exact) mass is 131 g/mol. The molecule has 3 aliphatic rings. The van der Waals surface area contributed by atoms with Crippen LogP contribution < -0.4 is 0 Å². The predicted octanol–water partition coefficient (Wildman–Crippen LogP) is 1.53. The smallest absolute Gasteiger partial charge is 0.174 e. The molecule has 2 aliphatic heterocycles. The lowest BCUT2D eigenvalue weighted by Crippen LogP contribution is -1.91. The molecule has 2 nitrogen and oxygen atoms in total. The van der Waals surface area contributed by atoms with Crippen LogP contribution in [0.15, 0.2) is 39.9 Å². The molecule has 48 valence electrons. The third kappa shape index (κ3) is 0.386. The first kappa shape index (κ1) is 4.50. The van der Waals surface area contributed by atoms with Crippen LogP contribution in [0.5, 0.6) is 0 Å². The Kier molecular flexibility index (Phi) is 0.556. The highest BCUT2D eigenvalue weighted by Crippen LogP contribution is 2.46. The molecule has 0 N–H and O–H groups in total. The Hall–Kier alpha value is -1.31. The third-order valence-electron chi connectivity index (χ3n) is 1.92. The van der Waals surface area contributed by atoms with Crippen LogP contribution in [0.4, 0.5) is 0 Å². The molecule has 0 aromatic heterocycles. The highest BCUT2D eigenvalue weighted by molar-refractivity contribution is 5.74. The highest BCUT2D eigenvalue weighted by Gasteiger charge is 2.36. The van der Waals surface area contributed by atoms with Crippen LogP contribution in [0.1, 0.15) is 6.42 Å². The van der Waals surface area contributed by atoms with E-state index in [0.29, 0.717) is 0 Å². The minimum atomic E-state index is 0.932. The summed E-state index contributed by atoms with van der Waals surface area (Å²) in [5.41, 5.74) is 2.55. The Balaban J connectivity index is 2.24. The van der Waals surface area contributed by atoms with Crippen LogP contribution in [0, 0.1) is 0 Å². The number of aliphatic imine (C=N–C) groups is 1. The fourth-order valence-corrected chi connectivity index (χ4v) is 1.35. The molecule has 1 aliphatic carbocycles. The normalized spacial score (nSPS) is 24.8. The first-order chi connectivity index (χ1) is 4.95. The van der Waals surface area contributed by atoms with Gasteiger partial charge in [0.2, 0.25) is 0 Å². The van der Waals surface area contributed by atoms with Gasteiger partial charge >= 0.3 is 0 Å². The average molecular weight is 131 g/mol. The predicted molar refractivity (Wildman–Crippen MR) is 37.4 cm³/mol. The number of allylic oxidation sites excluding steroid dienone is 3. The molecule has 10 heavy (non-hydrogen) atoms. The third-order valence-corrected chi connectivity index (χ3v) is 1.92. The van der Waals surface area contributed by atoms with Gasteiger partial charge < -0.3 is 4.74 Å². The minimum Gasteiger partial charge on any atom is -0.449 e. The van der Waals surface area contributed by atoms with Gasteiger partial charge in [-0.05, 0) is 6.08 Å². The number of rotatable bonds is 0. The SMILES string of the molecule is C1=NC=C2C=C3OC3=C2C1. The van der Waals surface area contributed by atoms with Crippen molar-refractivity contribution in [3.05, 3.63) is 34.9 Å². The molecule has 2 heterocycles. The number of ether oxygens (including phenoxy) is 1. The summed E-state index contributed by atoms with van der Waals surface area (Å²) in [6.07, 6.45) is 6.76. The molecule has 0 saturated carbocycles. The van der Waals surface area contributed by atoms with Gasteiger partial charge in [0.05, 0.1) is 0 Å². The van der Waals surface area contributed by atoms with Crippen LogP contribution >= 0.6 is 0 Å². The second kappa shape index (κ2) is 1.24. The molecule has 1 fully saturated rings. The van der Waals surface area contributed by atoms with Crippen molar-refractivity contribution in [2.24, 2.45) is 4.99 Å². The van der Waals surface area contributed by atoms with Gasteiger partial charge in [-0.15, -0.1) is 0 Å².